The van der Waals surface area contributed by atoms with E-state index in [0.717, 1.165) is 17.3 Å². The zero-order valence-corrected chi connectivity index (χ0v) is 21.6. The van der Waals surface area contributed by atoms with Gasteiger partial charge in [-0.3, -0.25) is 9.59 Å². The number of amides is 2. The molecule has 4 N–H and O–H groups in total. The summed E-state index contributed by atoms with van der Waals surface area (Å²) < 4.78 is 40.5. The van der Waals surface area contributed by atoms with Crippen molar-refractivity contribution in [2.45, 2.75) is 35.1 Å². The lowest BCUT2D eigenvalue weighted by molar-refractivity contribution is -0.133. The van der Waals surface area contributed by atoms with Crippen LogP contribution in [0.1, 0.15) is 18.4 Å². The highest BCUT2D eigenvalue weighted by molar-refractivity contribution is 8.00. The van der Waals surface area contributed by atoms with Gasteiger partial charge in [0.25, 0.3) is 0 Å². The molecule has 0 aliphatic carbocycles. The van der Waals surface area contributed by atoms with E-state index in [1.807, 2.05) is 6.92 Å². The van der Waals surface area contributed by atoms with Gasteiger partial charge in [-0.2, -0.15) is 0 Å². The lowest BCUT2D eigenvalue weighted by Gasteiger charge is -2.37. The van der Waals surface area contributed by atoms with Crippen molar-refractivity contribution >= 4 is 45.2 Å². The van der Waals surface area contributed by atoms with Gasteiger partial charge in [0.1, 0.15) is 11.4 Å². The van der Waals surface area contributed by atoms with Crippen molar-refractivity contribution in [3.05, 3.63) is 58.9 Å². The van der Waals surface area contributed by atoms with E-state index in [1.165, 1.54) is 30.3 Å². The van der Waals surface area contributed by atoms with Crippen LogP contribution in [0.15, 0.2) is 52.3 Å². The van der Waals surface area contributed by atoms with Crippen molar-refractivity contribution in [2.75, 3.05) is 31.9 Å². The number of nitrogens with one attached hydrogen (secondary N) is 4. The van der Waals surface area contributed by atoms with Gasteiger partial charge in [0, 0.05) is 18.0 Å². The van der Waals surface area contributed by atoms with Gasteiger partial charge in [-0.25, -0.2) is 17.5 Å². The molecule has 0 radical (unpaired) electrons. The number of benzene rings is 2. The van der Waals surface area contributed by atoms with Gasteiger partial charge >= 0.3 is 0 Å². The normalized spacial score (nSPS) is 15.4. The summed E-state index contributed by atoms with van der Waals surface area (Å²) in [6.45, 7) is 3.03. The van der Waals surface area contributed by atoms with E-state index in [2.05, 4.69) is 20.7 Å². The fourth-order valence-electron chi connectivity index (χ4n) is 3.63. The van der Waals surface area contributed by atoms with Crippen LogP contribution in [0.3, 0.4) is 0 Å². The highest BCUT2D eigenvalue weighted by atomic mass is 35.5. The summed E-state index contributed by atoms with van der Waals surface area (Å²) in [5.41, 5.74) is -0.157. The maximum Gasteiger partial charge on any atom is 0.245 e. The van der Waals surface area contributed by atoms with E-state index in [1.54, 1.807) is 12.1 Å². The Balaban J connectivity index is 1.54. The molecule has 2 aromatic rings. The van der Waals surface area contributed by atoms with E-state index in [9.17, 15) is 22.4 Å². The number of rotatable bonds is 10. The van der Waals surface area contributed by atoms with Crippen LogP contribution in [0.25, 0.3) is 0 Å². The van der Waals surface area contributed by atoms with Gasteiger partial charge in [0.05, 0.1) is 15.7 Å². The summed E-state index contributed by atoms with van der Waals surface area (Å²) in [5.74, 6) is -1.18. The Labute approximate surface area is 213 Å². The van der Waals surface area contributed by atoms with Crippen molar-refractivity contribution < 1.29 is 22.4 Å². The van der Waals surface area contributed by atoms with Gasteiger partial charge < -0.3 is 16.0 Å². The van der Waals surface area contributed by atoms with Crippen molar-refractivity contribution in [1.29, 1.82) is 0 Å². The van der Waals surface area contributed by atoms with E-state index in [-0.39, 0.29) is 40.6 Å². The Morgan fingerprint density at radius 2 is 1.80 bits per heavy atom. The Hall–Kier alpha value is -2.18. The molecule has 2 amide bonds. The van der Waals surface area contributed by atoms with Gasteiger partial charge in [-0.15, -0.1) is 11.8 Å². The third-order valence-corrected chi connectivity index (χ3v) is 8.53. The standard InChI is InChI=1S/C23H28ClFN4O4S2/c1-16-2-5-18(6-3-16)35(32,33)28-13-12-27-22(31)23(8-10-26-11-9-23)29-21(30)15-34-20-7-4-17(25)14-19(20)24/h2-7,14,26,28H,8-13,15H2,1H3,(H,27,31)(H,29,30). The van der Waals surface area contributed by atoms with Crippen LogP contribution in [0.5, 0.6) is 0 Å². The van der Waals surface area contributed by atoms with Gasteiger partial charge in [0.2, 0.25) is 21.8 Å². The van der Waals surface area contributed by atoms with Gasteiger partial charge in [0.15, 0.2) is 0 Å². The number of carbonyl (C=O) groups excluding carboxylic acids is 2. The van der Waals surface area contributed by atoms with Crippen LogP contribution in [0.4, 0.5) is 4.39 Å². The van der Waals surface area contributed by atoms with Crippen LogP contribution < -0.4 is 20.7 Å². The molecule has 12 heteroatoms. The third-order valence-electron chi connectivity index (χ3n) is 5.56. The number of hydrogen-bond donors (Lipinski definition) is 4. The minimum Gasteiger partial charge on any atom is -0.353 e. The van der Waals surface area contributed by atoms with Crippen molar-refractivity contribution in [3.63, 3.8) is 0 Å². The average Bonchev–Trinajstić information content (AvgIpc) is 2.82. The minimum absolute atomic E-state index is 0.00312. The molecule has 1 aliphatic heterocycles. The highest BCUT2D eigenvalue weighted by Gasteiger charge is 2.40. The van der Waals surface area contributed by atoms with Crippen molar-refractivity contribution in [1.82, 2.24) is 20.7 Å². The number of aryl methyl sites for hydroxylation is 1. The smallest absolute Gasteiger partial charge is 0.245 e. The molecule has 1 saturated heterocycles. The fraction of sp³-hybridized carbons (Fsp3) is 0.391. The average molecular weight is 543 g/mol. The second-order valence-corrected chi connectivity index (χ2v) is 11.4. The first-order valence-corrected chi connectivity index (χ1v) is 13.9. The second kappa shape index (κ2) is 12.2. The molecule has 1 aliphatic rings. The fourth-order valence-corrected chi connectivity index (χ4v) is 5.71. The molecule has 8 nitrogen and oxygen atoms in total. The number of halogens is 2. The number of carbonyl (C=O) groups is 2. The lowest BCUT2D eigenvalue weighted by Crippen LogP contribution is -2.63. The first-order chi connectivity index (χ1) is 16.6. The zero-order chi connectivity index (χ0) is 25.5. The summed E-state index contributed by atoms with van der Waals surface area (Å²) in [6, 6.07) is 10.4. The van der Waals surface area contributed by atoms with E-state index in [4.69, 9.17) is 11.6 Å². The highest BCUT2D eigenvalue weighted by Crippen LogP contribution is 2.28. The summed E-state index contributed by atoms with van der Waals surface area (Å²) >= 11 is 7.17. The Bertz CT molecular complexity index is 1160. The molecule has 0 atom stereocenters. The molecule has 2 aromatic carbocycles. The molecule has 1 fully saturated rings. The molecule has 190 valence electrons. The summed E-state index contributed by atoms with van der Waals surface area (Å²) in [5, 5.41) is 8.98. The topological polar surface area (TPSA) is 116 Å². The van der Waals surface area contributed by atoms with Gasteiger partial charge in [-0.05, 0) is 63.2 Å². The van der Waals surface area contributed by atoms with E-state index < -0.39 is 21.4 Å². The summed E-state index contributed by atoms with van der Waals surface area (Å²) in [6.07, 6.45) is 0.781. The number of sulfonamides is 1. The van der Waals surface area contributed by atoms with Crippen LogP contribution in [0, 0.1) is 12.7 Å². The molecule has 0 saturated carbocycles. The predicted molar refractivity (Wildman–Crippen MR) is 134 cm³/mol. The number of piperidine rings is 1. The Kier molecular flexibility index (Phi) is 9.54. The first kappa shape index (κ1) is 27.4. The summed E-state index contributed by atoms with van der Waals surface area (Å²) in [4.78, 5) is 26.4. The predicted octanol–water partition coefficient (Wildman–Crippen LogP) is 2.21. The third kappa shape index (κ3) is 7.65. The molecule has 0 aromatic heterocycles. The van der Waals surface area contributed by atoms with E-state index >= 15 is 0 Å². The Morgan fingerprint density at radius 3 is 2.46 bits per heavy atom. The van der Waals surface area contributed by atoms with Crippen LogP contribution in [-0.4, -0.2) is 57.7 Å². The quantitative estimate of drug-likeness (QED) is 0.270. The van der Waals surface area contributed by atoms with Crippen LogP contribution in [0.2, 0.25) is 5.02 Å². The minimum atomic E-state index is -3.69. The molecular weight excluding hydrogens is 515 g/mol. The summed E-state index contributed by atoms with van der Waals surface area (Å²) in [7, 11) is -3.69. The number of thioether (sulfide) groups is 1. The molecule has 1 heterocycles. The second-order valence-electron chi connectivity index (χ2n) is 8.21. The molecule has 3 rings (SSSR count). The molecule has 0 spiro atoms. The van der Waals surface area contributed by atoms with Crippen LogP contribution in [-0.2, 0) is 19.6 Å². The van der Waals surface area contributed by atoms with Crippen molar-refractivity contribution in [2.24, 2.45) is 0 Å². The largest absolute Gasteiger partial charge is 0.353 e. The maximum atomic E-state index is 13.2. The monoisotopic (exact) mass is 542 g/mol. The Morgan fingerprint density at radius 1 is 1.11 bits per heavy atom. The first-order valence-electron chi connectivity index (χ1n) is 11.1. The maximum absolute atomic E-state index is 13.2. The molecule has 0 unspecified atom stereocenters. The zero-order valence-electron chi connectivity index (χ0n) is 19.2. The van der Waals surface area contributed by atoms with Crippen molar-refractivity contribution in [3.8, 4) is 0 Å². The van der Waals surface area contributed by atoms with Gasteiger partial charge in [-0.1, -0.05) is 29.3 Å². The van der Waals surface area contributed by atoms with Crippen LogP contribution >= 0.6 is 23.4 Å². The molecule has 35 heavy (non-hydrogen) atoms. The molecule has 0 bridgehead atoms. The molecular formula is C23H28ClFN4O4S2. The lowest BCUT2D eigenvalue weighted by atomic mass is 9.87. The number of hydrogen-bond acceptors (Lipinski definition) is 6. The van der Waals surface area contributed by atoms with E-state index in [0.29, 0.717) is 30.8 Å². The SMILES string of the molecule is Cc1ccc(S(=O)(=O)NCCNC(=O)C2(NC(=O)CSc3ccc(F)cc3Cl)CCNCC2)cc1.